The van der Waals surface area contributed by atoms with Crippen LogP contribution in [-0.2, 0) is 16.0 Å². The van der Waals surface area contributed by atoms with Gasteiger partial charge in [-0.2, -0.15) is 0 Å². The minimum absolute atomic E-state index is 0.0387. The topological polar surface area (TPSA) is 49.4 Å². The Kier molecular flexibility index (Phi) is 5.37. The van der Waals surface area contributed by atoms with Crippen molar-refractivity contribution in [1.29, 1.82) is 0 Å². The van der Waals surface area contributed by atoms with Gasteiger partial charge in [0, 0.05) is 25.2 Å². The predicted octanol–water partition coefficient (Wildman–Crippen LogP) is 2.84. The highest BCUT2D eigenvalue weighted by atomic mass is 16.2. The average molecular weight is 288 g/mol. The van der Waals surface area contributed by atoms with Crippen LogP contribution >= 0.6 is 0 Å². The fourth-order valence-corrected chi connectivity index (χ4v) is 2.70. The predicted molar refractivity (Wildman–Crippen MR) is 84.0 cm³/mol. The Balaban J connectivity index is 1.97. The molecule has 2 amide bonds. The minimum Gasteiger partial charge on any atom is -0.342 e. The molecule has 4 heteroatoms. The number of nitrogens with one attached hydrogen (secondary N) is 1. The molecule has 2 rings (SSSR count). The Hall–Kier alpha value is -1.84. The zero-order valence-corrected chi connectivity index (χ0v) is 12.9. The summed E-state index contributed by atoms with van der Waals surface area (Å²) in [5.41, 5.74) is 1.99. The van der Waals surface area contributed by atoms with Crippen LogP contribution < -0.4 is 5.32 Å². The minimum atomic E-state index is -0.223. The number of carbonyl (C=O) groups excluding carboxylic acids is 2. The van der Waals surface area contributed by atoms with Crippen molar-refractivity contribution >= 4 is 17.5 Å². The molecule has 1 aliphatic rings. The number of para-hydroxylation sites is 1. The monoisotopic (exact) mass is 288 g/mol. The van der Waals surface area contributed by atoms with Crippen molar-refractivity contribution in [2.24, 2.45) is 5.92 Å². The lowest BCUT2D eigenvalue weighted by atomic mass is 10.1. The SMILES string of the molecule is CCCCN1CC(C(=O)Nc2ccccc2CC)CC1=O. The number of hydrogen-bond acceptors (Lipinski definition) is 2. The van der Waals surface area contributed by atoms with Crippen LogP contribution in [0.4, 0.5) is 5.69 Å². The van der Waals surface area contributed by atoms with E-state index in [0.717, 1.165) is 37.1 Å². The third kappa shape index (κ3) is 3.84. The molecule has 1 unspecified atom stereocenters. The van der Waals surface area contributed by atoms with Crippen molar-refractivity contribution in [3.05, 3.63) is 29.8 Å². The van der Waals surface area contributed by atoms with E-state index in [2.05, 4.69) is 19.2 Å². The van der Waals surface area contributed by atoms with Crippen molar-refractivity contribution in [3.8, 4) is 0 Å². The van der Waals surface area contributed by atoms with Gasteiger partial charge in [0.25, 0.3) is 0 Å². The quantitative estimate of drug-likeness (QED) is 0.875. The van der Waals surface area contributed by atoms with Crippen LogP contribution in [0.25, 0.3) is 0 Å². The third-order valence-corrected chi connectivity index (χ3v) is 4.02. The first-order chi connectivity index (χ1) is 10.2. The van der Waals surface area contributed by atoms with Gasteiger partial charge in [0.15, 0.2) is 0 Å². The molecule has 1 aliphatic heterocycles. The largest absolute Gasteiger partial charge is 0.342 e. The van der Waals surface area contributed by atoms with E-state index in [4.69, 9.17) is 0 Å². The Morgan fingerprint density at radius 2 is 2.10 bits per heavy atom. The molecule has 1 fully saturated rings. The number of unbranched alkanes of at least 4 members (excludes halogenated alkanes) is 1. The number of rotatable bonds is 6. The lowest BCUT2D eigenvalue weighted by Crippen LogP contribution is -2.29. The Morgan fingerprint density at radius 1 is 1.33 bits per heavy atom. The molecule has 1 aromatic carbocycles. The van der Waals surface area contributed by atoms with Gasteiger partial charge in [-0.05, 0) is 24.5 Å². The lowest BCUT2D eigenvalue weighted by Gasteiger charge is -2.16. The lowest BCUT2D eigenvalue weighted by molar-refractivity contribution is -0.128. The first-order valence-corrected chi connectivity index (χ1v) is 7.82. The van der Waals surface area contributed by atoms with E-state index < -0.39 is 0 Å². The van der Waals surface area contributed by atoms with Crippen molar-refractivity contribution in [1.82, 2.24) is 4.90 Å². The highest BCUT2D eigenvalue weighted by Crippen LogP contribution is 2.22. The molecule has 4 nitrogen and oxygen atoms in total. The summed E-state index contributed by atoms with van der Waals surface area (Å²) in [6.07, 6.45) is 3.27. The number of benzene rings is 1. The van der Waals surface area contributed by atoms with Crippen molar-refractivity contribution in [2.75, 3.05) is 18.4 Å². The molecule has 0 bridgehead atoms. The van der Waals surface area contributed by atoms with E-state index in [1.807, 2.05) is 29.2 Å². The van der Waals surface area contributed by atoms with E-state index in [0.29, 0.717) is 13.0 Å². The smallest absolute Gasteiger partial charge is 0.229 e. The van der Waals surface area contributed by atoms with Gasteiger partial charge < -0.3 is 10.2 Å². The molecule has 21 heavy (non-hydrogen) atoms. The number of hydrogen-bond donors (Lipinski definition) is 1. The van der Waals surface area contributed by atoms with Gasteiger partial charge in [0.2, 0.25) is 11.8 Å². The number of nitrogens with zero attached hydrogens (tertiary/aromatic N) is 1. The molecule has 1 saturated heterocycles. The number of amides is 2. The fourth-order valence-electron chi connectivity index (χ4n) is 2.70. The number of carbonyl (C=O) groups is 2. The molecule has 0 saturated carbocycles. The second-order valence-corrected chi connectivity index (χ2v) is 5.59. The summed E-state index contributed by atoms with van der Waals surface area (Å²) in [6.45, 7) is 5.49. The zero-order chi connectivity index (χ0) is 15.2. The molecule has 1 N–H and O–H groups in total. The van der Waals surface area contributed by atoms with Gasteiger partial charge in [-0.25, -0.2) is 0 Å². The van der Waals surface area contributed by atoms with Crippen molar-refractivity contribution < 1.29 is 9.59 Å². The normalized spacial score (nSPS) is 18.1. The van der Waals surface area contributed by atoms with E-state index >= 15 is 0 Å². The molecule has 0 radical (unpaired) electrons. The highest BCUT2D eigenvalue weighted by molar-refractivity contribution is 5.97. The van der Waals surface area contributed by atoms with E-state index in [1.54, 1.807) is 0 Å². The van der Waals surface area contributed by atoms with Gasteiger partial charge in [-0.15, -0.1) is 0 Å². The highest BCUT2D eigenvalue weighted by Gasteiger charge is 2.33. The van der Waals surface area contributed by atoms with E-state index in [1.165, 1.54) is 0 Å². The van der Waals surface area contributed by atoms with Crippen LogP contribution in [0, 0.1) is 5.92 Å². The van der Waals surface area contributed by atoms with Gasteiger partial charge in [0.05, 0.1) is 5.92 Å². The molecule has 1 heterocycles. The maximum Gasteiger partial charge on any atom is 0.229 e. The summed E-state index contributed by atoms with van der Waals surface area (Å²) < 4.78 is 0. The summed E-state index contributed by atoms with van der Waals surface area (Å²) in [4.78, 5) is 26.1. The standard InChI is InChI=1S/C17H24N2O2/c1-3-5-10-19-12-14(11-16(19)20)17(21)18-15-9-7-6-8-13(15)4-2/h6-9,14H,3-5,10-12H2,1-2H3,(H,18,21). The van der Waals surface area contributed by atoms with Crippen molar-refractivity contribution in [2.45, 2.75) is 39.5 Å². The van der Waals surface area contributed by atoms with Crippen LogP contribution in [0.3, 0.4) is 0 Å². The molecule has 1 atom stereocenters. The molecule has 0 spiro atoms. The van der Waals surface area contributed by atoms with Gasteiger partial charge in [-0.3, -0.25) is 9.59 Å². The number of anilines is 1. The maximum atomic E-state index is 12.4. The van der Waals surface area contributed by atoms with Gasteiger partial charge in [0.1, 0.15) is 0 Å². The molecule has 0 aliphatic carbocycles. The maximum absolute atomic E-state index is 12.4. The Morgan fingerprint density at radius 3 is 2.81 bits per heavy atom. The van der Waals surface area contributed by atoms with Crippen LogP contribution in [0.1, 0.15) is 38.7 Å². The zero-order valence-electron chi connectivity index (χ0n) is 12.9. The van der Waals surface area contributed by atoms with Crippen LogP contribution in [0.5, 0.6) is 0 Å². The first kappa shape index (κ1) is 15.5. The number of aryl methyl sites for hydroxylation is 1. The summed E-state index contributed by atoms with van der Waals surface area (Å²) in [7, 11) is 0. The molecular formula is C17H24N2O2. The Bertz CT molecular complexity index is 513. The fraction of sp³-hybridized carbons (Fsp3) is 0.529. The second kappa shape index (κ2) is 7.25. The van der Waals surface area contributed by atoms with Gasteiger partial charge in [-0.1, -0.05) is 38.5 Å². The van der Waals surface area contributed by atoms with Gasteiger partial charge >= 0.3 is 0 Å². The van der Waals surface area contributed by atoms with E-state index in [9.17, 15) is 9.59 Å². The second-order valence-electron chi connectivity index (χ2n) is 5.59. The summed E-state index contributed by atoms with van der Waals surface area (Å²) in [6, 6.07) is 7.83. The van der Waals surface area contributed by atoms with E-state index in [-0.39, 0.29) is 17.7 Å². The third-order valence-electron chi connectivity index (χ3n) is 4.02. The van der Waals surface area contributed by atoms with Crippen LogP contribution in [0.15, 0.2) is 24.3 Å². The van der Waals surface area contributed by atoms with Crippen molar-refractivity contribution in [3.63, 3.8) is 0 Å². The van der Waals surface area contributed by atoms with Crippen LogP contribution in [-0.4, -0.2) is 29.8 Å². The summed E-state index contributed by atoms with van der Waals surface area (Å²) >= 11 is 0. The molecule has 0 aromatic heterocycles. The summed E-state index contributed by atoms with van der Waals surface area (Å²) in [5.74, 6) is -0.158. The number of likely N-dealkylation sites (tertiary alicyclic amines) is 1. The molecule has 1 aromatic rings. The molecular weight excluding hydrogens is 264 g/mol. The van der Waals surface area contributed by atoms with Crippen LogP contribution in [0.2, 0.25) is 0 Å². The average Bonchev–Trinajstić information content (AvgIpc) is 2.87. The molecule has 114 valence electrons. The Labute approximate surface area is 126 Å². The summed E-state index contributed by atoms with van der Waals surface area (Å²) in [5, 5.41) is 2.98. The first-order valence-electron chi connectivity index (χ1n) is 7.82.